The maximum atomic E-state index is 12.3. The Labute approximate surface area is 118 Å². The fourth-order valence-electron chi connectivity index (χ4n) is 2.08. The molecular formula is C12H19N3O4S. The summed E-state index contributed by atoms with van der Waals surface area (Å²) >= 11 is 0. The SMILES string of the molecule is C[C@H](CO)NC(=O)c1cc(S(=O)(=O)N2CCCC2)c[nH]1. The zero-order valence-electron chi connectivity index (χ0n) is 11.3. The average molecular weight is 301 g/mol. The number of hydrogen-bond donors (Lipinski definition) is 3. The third kappa shape index (κ3) is 3.02. The second-order valence-electron chi connectivity index (χ2n) is 4.92. The van der Waals surface area contributed by atoms with Gasteiger partial charge in [-0.25, -0.2) is 8.42 Å². The van der Waals surface area contributed by atoms with Crippen LogP contribution in [0.25, 0.3) is 0 Å². The Morgan fingerprint density at radius 3 is 2.75 bits per heavy atom. The number of aromatic nitrogens is 1. The summed E-state index contributed by atoms with van der Waals surface area (Å²) in [6.07, 6.45) is 3.06. The summed E-state index contributed by atoms with van der Waals surface area (Å²) in [6.45, 7) is 2.53. The lowest BCUT2D eigenvalue weighted by Crippen LogP contribution is -2.35. The summed E-state index contributed by atoms with van der Waals surface area (Å²) in [5.41, 5.74) is 0.170. The zero-order valence-corrected chi connectivity index (χ0v) is 12.1. The molecule has 0 unspecified atom stereocenters. The minimum atomic E-state index is -3.51. The summed E-state index contributed by atoms with van der Waals surface area (Å²) in [4.78, 5) is 14.6. The summed E-state index contributed by atoms with van der Waals surface area (Å²) < 4.78 is 26.0. The molecular weight excluding hydrogens is 282 g/mol. The van der Waals surface area contributed by atoms with Gasteiger partial charge in [0.15, 0.2) is 0 Å². The Bertz CT molecular complexity index is 575. The van der Waals surface area contributed by atoms with Crippen LogP contribution in [0.3, 0.4) is 0 Å². The Hall–Kier alpha value is -1.38. The third-order valence-electron chi connectivity index (χ3n) is 3.26. The molecule has 1 aromatic heterocycles. The number of H-pyrrole nitrogens is 1. The second-order valence-corrected chi connectivity index (χ2v) is 6.86. The summed E-state index contributed by atoms with van der Waals surface area (Å²) in [5, 5.41) is 11.4. The zero-order chi connectivity index (χ0) is 14.8. The van der Waals surface area contributed by atoms with Crippen molar-refractivity contribution in [1.82, 2.24) is 14.6 Å². The van der Waals surface area contributed by atoms with Crippen LogP contribution in [0, 0.1) is 0 Å². The highest BCUT2D eigenvalue weighted by Crippen LogP contribution is 2.21. The van der Waals surface area contributed by atoms with Gasteiger partial charge in [-0.3, -0.25) is 4.79 Å². The lowest BCUT2D eigenvalue weighted by Gasteiger charge is -2.13. The fraction of sp³-hybridized carbons (Fsp3) is 0.583. The molecule has 1 aliphatic rings. The van der Waals surface area contributed by atoms with E-state index >= 15 is 0 Å². The van der Waals surface area contributed by atoms with E-state index in [0.717, 1.165) is 12.8 Å². The first-order chi connectivity index (χ1) is 9.45. The smallest absolute Gasteiger partial charge is 0.268 e. The van der Waals surface area contributed by atoms with E-state index in [1.54, 1.807) is 6.92 Å². The van der Waals surface area contributed by atoms with Gasteiger partial charge < -0.3 is 15.4 Å². The van der Waals surface area contributed by atoms with Crippen LogP contribution in [0.4, 0.5) is 0 Å². The van der Waals surface area contributed by atoms with E-state index in [1.165, 1.54) is 16.6 Å². The van der Waals surface area contributed by atoms with Crippen molar-refractivity contribution in [2.75, 3.05) is 19.7 Å². The van der Waals surface area contributed by atoms with Crippen molar-refractivity contribution in [3.63, 3.8) is 0 Å². The van der Waals surface area contributed by atoms with Crippen LogP contribution in [0.2, 0.25) is 0 Å². The Kier molecular flexibility index (Phi) is 4.46. The number of nitrogens with zero attached hydrogens (tertiary/aromatic N) is 1. The van der Waals surface area contributed by atoms with Gasteiger partial charge in [0, 0.05) is 25.3 Å². The van der Waals surface area contributed by atoms with E-state index in [0.29, 0.717) is 13.1 Å². The van der Waals surface area contributed by atoms with Crippen LogP contribution in [0.15, 0.2) is 17.2 Å². The average Bonchev–Trinajstić information content (AvgIpc) is 3.09. The van der Waals surface area contributed by atoms with Gasteiger partial charge in [-0.05, 0) is 25.8 Å². The topological polar surface area (TPSA) is 102 Å². The number of aliphatic hydroxyl groups excluding tert-OH is 1. The fourth-order valence-corrected chi connectivity index (χ4v) is 3.59. The van der Waals surface area contributed by atoms with E-state index in [2.05, 4.69) is 10.3 Å². The molecule has 20 heavy (non-hydrogen) atoms. The molecule has 0 bridgehead atoms. The Morgan fingerprint density at radius 1 is 1.50 bits per heavy atom. The first kappa shape index (κ1) is 15.0. The standard InChI is InChI=1S/C12H19N3O4S/c1-9(8-16)14-12(17)11-6-10(7-13-11)20(18,19)15-4-2-3-5-15/h6-7,9,13,16H,2-5,8H2,1H3,(H,14,17)/t9-/m1/s1. The summed E-state index contributed by atoms with van der Waals surface area (Å²) in [6, 6.07) is 0.942. The molecule has 2 rings (SSSR count). The van der Waals surface area contributed by atoms with Crippen LogP contribution < -0.4 is 5.32 Å². The van der Waals surface area contributed by atoms with Gasteiger partial charge in [-0.2, -0.15) is 4.31 Å². The highest BCUT2D eigenvalue weighted by Gasteiger charge is 2.28. The van der Waals surface area contributed by atoms with Crippen LogP contribution >= 0.6 is 0 Å². The number of nitrogens with one attached hydrogen (secondary N) is 2. The first-order valence-electron chi connectivity index (χ1n) is 6.55. The van der Waals surface area contributed by atoms with Crippen LogP contribution in [-0.2, 0) is 10.0 Å². The highest BCUT2D eigenvalue weighted by atomic mass is 32.2. The van der Waals surface area contributed by atoms with Gasteiger partial charge in [0.2, 0.25) is 10.0 Å². The largest absolute Gasteiger partial charge is 0.394 e. The lowest BCUT2D eigenvalue weighted by atomic mass is 10.3. The number of sulfonamides is 1. The molecule has 0 radical (unpaired) electrons. The van der Waals surface area contributed by atoms with Crippen molar-refractivity contribution in [3.05, 3.63) is 18.0 Å². The van der Waals surface area contributed by atoms with Gasteiger partial charge >= 0.3 is 0 Å². The molecule has 1 aliphatic heterocycles. The van der Waals surface area contributed by atoms with Crippen molar-refractivity contribution in [2.24, 2.45) is 0 Å². The molecule has 1 atom stereocenters. The summed E-state index contributed by atoms with van der Waals surface area (Å²) in [7, 11) is -3.51. The summed E-state index contributed by atoms with van der Waals surface area (Å²) in [5.74, 6) is -0.436. The molecule has 3 N–H and O–H groups in total. The normalized spacial score (nSPS) is 18.1. The van der Waals surface area contributed by atoms with E-state index < -0.39 is 15.9 Å². The van der Waals surface area contributed by atoms with Crippen LogP contribution in [-0.4, -0.2) is 54.5 Å². The maximum Gasteiger partial charge on any atom is 0.268 e. The molecule has 8 heteroatoms. The minimum absolute atomic E-state index is 0.0983. The first-order valence-corrected chi connectivity index (χ1v) is 7.99. The number of amides is 1. The Balaban J connectivity index is 2.14. The van der Waals surface area contributed by atoms with Gasteiger partial charge in [0.05, 0.1) is 6.61 Å². The van der Waals surface area contributed by atoms with E-state index in [9.17, 15) is 13.2 Å². The number of carbonyl (C=O) groups is 1. The molecule has 7 nitrogen and oxygen atoms in total. The van der Waals surface area contributed by atoms with Crippen molar-refractivity contribution in [2.45, 2.75) is 30.7 Å². The molecule has 1 amide bonds. The van der Waals surface area contributed by atoms with Gasteiger partial charge in [0.1, 0.15) is 10.6 Å². The highest BCUT2D eigenvalue weighted by molar-refractivity contribution is 7.89. The van der Waals surface area contributed by atoms with E-state index in [4.69, 9.17) is 5.11 Å². The van der Waals surface area contributed by atoms with E-state index in [-0.39, 0.29) is 23.2 Å². The Morgan fingerprint density at radius 2 is 2.15 bits per heavy atom. The number of hydrogen-bond acceptors (Lipinski definition) is 4. The number of rotatable bonds is 5. The number of aromatic amines is 1. The molecule has 112 valence electrons. The van der Waals surface area contributed by atoms with Gasteiger partial charge in [-0.15, -0.1) is 0 Å². The molecule has 0 saturated carbocycles. The molecule has 0 spiro atoms. The predicted molar refractivity (Wildman–Crippen MR) is 72.8 cm³/mol. The van der Waals surface area contributed by atoms with Crippen LogP contribution in [0.1, 0.15) is 30.3 Å². The van der Waals surface area contributed by atoms with E-state index in [1.807, 2.05) is 0 Å². The molecule has 1 saturated heterocycles. The molecule has 0 aliphatic carbocycles. The number of aliphatic hydroxyl groups is 1. The molecule has 0 aromatic carbocycles. The quantitative estimate of drug-likeness (QED) is 0.707. The monoisotopic (exact) mass is 301 g/mol. The van der Waals surface area contributed by atoms with Crippen molar-refractivity contribution in [1.29, 1.82) is 0 Å². The van der Waals surface area contributed by atoms with Crippen molar-refractivity contribution >= 4 is 15.9 Å². The minimum Gasteiger partial charge on any atom is -0.394 e. The van der Waals surface area contributed by atoms with Crippen molar-refractivity contribution < 1.29 is 18.3 Å². The number of carbonyl (C=O) groups excluding carboxylic acids is 1. The van der Waals surface area contributed by atoms with Crippen molar-refractivity contribution in [3.8, 4) is 0 Å². The predicted octanol–water partition coefficient (Wildman–Crippen LogP) is -0.0902. The van der Waals surface area contributed by atoms with Crippen LogP contribution in [0.5, 0.6) is 0 Å². The maximum absolute atomic E-state index is 12.3. The molecule has 2 heterocycles. The molecule has 1 fully saturated rings. The lowest BCUT2D eigenvalue weighted by molar-refractivity contribution is 0.0918. The van der Waals surface area contributed by atoms with Gasteiger partial charge in [-0.1, -0.05) is 0 Å². The molecule has 1 aromatic rings. The van der Waals surface area contributed by atoms with Gasteiger partial charge in [0.25, 0.3) is 5.91 Å². The second kappa shape index (κ2) is 5.94. The third-order valence-corrected chi connectivity index (χ3v) is 5.13.